The Balaban J connectivity index is 2.26. The molecule has 0 radical (unpaired) electrons. The van der Waals surface area contributed by atoms with Gasteiger partial charge in [0.15, 0.2) is 0 Å². The average Bonchev–Trinajstić information content (AvgIpc) is 2.33. The summed E-state index contributed by atoms with van der Waals surface area (Å²) in [7, 11) is 0. The molecule has 0 heterocycles. The molecule has 2 aromatic rings. The molecule has 1 nitrogen and oxygen atoms in total. The second-order valence-corrected chi connectivity index (χ2v) is 5.30. The number of halogens is 3. The second-order valence-electron chi connectivity index (χ2n) is 3.90. The molecule has 0 aliphatic rings. The Bertz CT molecular complexity index is 570. The van der Waals surface area contributed by atoms with Crippen molar-refractivity contribution in [2.45, 2.75) is 12.3 Å². The minimum Gasteiger partial charge on any atom is -0.456 e. The molecule has 4 heteroatoms. The summed E-state index contributed by atoms with van der Waals surface area (Å²) in [5.41, 5.74) is 2.42. The molecular weight excluding hydrogens is 335 g/mol. The van der Waals surface area contributed by atoms with Gasteiger partial charge in [-0.1, -0.05) is 45.2 Å². The highest BCUT2D eigenvalue weighted by molar-refractivity contribution is 9.08. The standard InChI is InChI=1S/C14H11BrCl2O/c1-9-6-12(4-2-10(9)8-15)18-14-5-3-11(16)7-13(14)17/h2-7H,8H2,1H3. The number of hydrogen-bond donors (Lipinski definition) is 0. The summed E-state index contributed by atoms with van der Waals surface area (Å²) in [5.74, 6) is 1.37. The van der Waals surface area contributed by atoms with Gasteiger partial charge in [-0.2, -0.15) is 0 Å². The zero-order chi connectivity index (χ0) is 13.1. The van der Waals surface area contributed by atoms with Crippen LogP contribution in [0.2, 0.25) is 10.0 Å². The maximum absolute atomic E-state index is 6.06. The lowest BCUT2D eigenvalue weighted by atomic mass is 10.1. The SMILES string of the molecule is Cc1cc(Oc2ccc(Cl)cc2Cl)ccc1CBr. The first-order chi connectivity index (χ1) is 8.60. The van der Waals surface area contributed by atoms with Crippen molar-refractivity contribution in [1.29, 1.82) is 0 Å². The third-order valence-electron chi connectivity index (χ3n) is 2.58. The van der Waals surface area contributed by atoms with E-state index in [-0.39, 0.29) is 0 Å². The zero-order valence-corrected chi connectivity index (χ0v) is 12.8. The molecule has 0 aromatic heterocycles. The molecule has 0 spiro atoms. The van der Waals surface area contributed by atoms with Gasteiger partial charge in [-0.25, -0.2) is 0 Å². The quantitative estimate of drug-likeness (QED) is 0.621. The average molecular weight is 346 g/mol. The van der Waals surface area contributed by atoms with Crippen molar-refractivity contribution in [2.75, 3.05) is 0 Å². The van der Waals surface area contributed by atoms with E-state index in [0.717, 1.165) is 11.1 Å². The Morgan fingerprint density at radius 2 is 1.89 bits per heavy atom. The van der Waals surface area contributed by atoms with E-state index in [1.165, 1.54) is 11.1 Å². The predicted molar refractivity (Wildman–Crippen MR) is 80.3 cm³/mol. The van der Waals surface area contributed by atoms with E-state index >= 15 is 0 Å². The summed E-state index contributed by atoms with van der Waals surface area (Å²) < 4.78 is 5.74. The van der Waals surface area contributed by atoms with Crippen molar-refractivity contribution >= 4 is 39.1 Å². The highest BCUT2D eigenvalue weighted by atomic mass is 79.9. The molecule has 0 aliphatic carbocycles. The molecule has 2 rings (SSSR count). The van der Waals surface area contributed by atoms with Crippen LogP contribution < -0.4 is 4.74 Å². The second kappa shape index (κ2) is 5.96. The summed E-state index contributed by atoms with van der Waals surface area (Å²) >= 11 is 15.3. The van der Waals surface area contributed by atoms with Crippen LogP contribution in [0.4, 0.5) is 0 Å². The number of alkyl halides is 1. The Labute approximate surface area is 125 Å². The smallest absolute Gasteiger partial charge is 0.146 e. The first kappa shape index (κ1) is 13.7. The molecule has 0 saturated carbocycles. The molecule has 0 N–H and O–H groups in total. The van der Waals surface area contributed by atoms with Crippen LogP contribution in [0.15, 0.2) is 36.4 Å². The Morgan fingerprint density at radius 1 is 1.11 bits per heavy atom. The lowest BCUT2D eigenvalue weighted by Crippen LogP contribution is -1.89. The van der Waals surface area contributed by atoms with E-state index in [1.807, 2.05) is 25.1 Å². The summed E-state index contributed by atoms with van der Waals surface area (Å²) in [4.78, 5) is 0. The van der Waals surface area contributed by atoms with Crippen molar-refractivity contribution < 1.29 is 4.74 Å². The maximum atomic E-state index is 6.06. The fourth-order valence-electron chi connectivity index (χ4n) is 1.57. The molecule has 0 fully saturated rings. The maximum Gasteiger partial charge on any atom is 0.146 e. The van der Waals surface area contributed by atoms with E-state index < -0.39 is 0 Å². The van der Waals surface area contributed by atoms with Gasteiger partial charge in [0, 0.05) is 10.4 Å². The zero-order valence-electron chi connectivity index (χ0n) is 9.71. The van der Waals surface area contributed by atoms with Gasteiger partial charge in [-0.3, -0.25) is 0 Å². The molecule has 0 bridgehead atoms. The van der Waals surface area contributed by atoms with Gasteiger partial charge in [0.05, 0.1) is 5.02 Å². The lowest BCUT2D eigenvalue weighted by Gasteiger charge is -2.10. The van der Waals surface area contributed by atoms with E-state index in [2.05, 4.69) is 15.9 Å². The van der Waals surface area contributed by atoms with E-state index in [0.29, 0.717) is 15.8 Å². The summed E-state index contributed by atoms with van der Waals surface area (Å²) in [5, 5.41) is 1.93. The van der Waals surface area contributed by atoms with Crippen molar-refractivity contribution in [2.24, 2.45) is 0 Å². The fourth-order valence-corrected chi connectivity index (χ4v) is 2.64. The largest absolute Gasteiger partial charge is 0.456 e. The van der Waals surface area contributed by atoms with Gasteiger partial charge in [0.1, 0.15) is 11.5 Å². The highest BCUT2D eigenvalue weighted by Gasteiger charge is 2.05. The van der Waals surface area contributed by atoms with Gasteiger partial charge in [0.2, 0.25) is 0 Å². The first-order valence-electron chi connectivity index (χ1n) is 5.38. The van der Waals surface area contributed by atoms with Crippen LogP contribution in [0.5, 0.6) is 11.5 Å². The van der Waals surface area contributed by atoms with Crippen molar-refractivity contribution in [3.63, 3.8) is 0 Å². The van der Waals surface area contributed by atoms with Crippen LogP contribution in [0.1, 0.15) is 11.1 Å². The fraction of sp³-hybridized carbons (Fsp3) is 0.143. The third-order valence-corrected chi connectivity index (χ3v) is 3.71. The van der Waals surface area contributed by atoms with Crippen LogP contribution in [0.3, 0.4) is 0 Å². The number of benzene rings is 2. The topological polar surface area (TPSA) is 9.23 Å². The first-order valence-corrected chi connectivity index (χ1v) is 7.26. The number of aryl methyl sites for hydroxylation is 1. The number of ether oxygens (including phenoxy) is 1. The van der Waals surface area contributed by atoms with Gasteiger partial charge < -0.3 is 4.74 Å². The summed E-state index contributed by atoms with van der Waals surface area (Å²) in [6.07, 6.45) is 0. The lowest BCUT2D eigenvalue weighted by molar-refractivity contribution is 0.482. The van der Waals surface area contributed by atoms with Crippen LogP contribution in [-0.2, 0) is 5.33 Å². The highest BCUT2D eigenvalue weighted by Crippen LogP contribution is 2.32. The van der Waals surface area contributed by atoms with Crippen molar-refractivity contribution in [3.05, 3.63) is 57.6 Å². The van der Waals surface area contributed by atoms with Crippen molar-refractivity contribution in [3.8, 4) is 11.5 Å². The molecule has 0 saturated heterocycles. The van der Waals surface area contributed by atoms with E-state index in [1.54, 1.807) is 18.2 Å². The number of hydrogen-bond acceptors (Lipinski definition) is 1. The van der Waals surface area contributed by atoms with Crippen molar-refractivity contribution in [1.82, 2.24) is 0 Å². The Hall–Kier alpha value is -0.700. The minimum atomic E-state index is 0.504. The molecule has 2 aromatic carbocycles. The minimum absolute atomic E-state index is 0.504. The van der Waals surface area contributed by atoms with Gasteiger partial charge in [-0.05, 0) is 48.4 Å². The van der Waals surface area contributed by atoms with Gasteiger partial charge >= 0.3 is 0 Å². The van der Waals surface area contributed by atoms with Gasteiger partial charge in [0.25, 0.3) is 0 Å². The molecule has 94 valence electrons. The van der Waals surface area contributed by atoms with Gasteiger partial charge in [-0.15, -0.1) is 0 Å². The number of rotatable bonds is 3. The Morgan fingerprint density at radius 3 is 2.50 bits per heavy atom. The molecule has 0 atom stereocenters. The molecule has 0 amide bonds. The predicted octanol–water partition coefficient (Wildman–Crippen LogP) is 5.99. The Kier molecular flexibility index (Phi) is 4.55. The molecular formula is C14H11BrCl2O. The monoisotopic (exact) mass is 344 g/mol. The van der Waals surface area contributed by atoms with E-state index in [4.69, 9.17) is 27.9 Å². The van der Waals surface area contributed by atoms with Crippen LogP contribution >= 0.6 is 39.1 Å². The van der Waals surface area contributed by atoms with Crippen LogP contribution in [-0.4, -0.2) is 0 Å². The normalized spacial score (nSPS) is 10.4. The summed E-state index contributed by atoms with van der Waals surface area (Å²) in [6.45, 7) is 2.05. The molecule has 0 aliphatic heterocycles. The van der Waals surface area contributed by atoms with Crippen LogP contribution in [0.25, 0.3) is 0 Å². The third kappa shape index (κ3) is 3.19. The molecule has 0 unspecified atom stereocenters. The van der Waals surface area contributed by atoms with Crippen LogP contribution in [0, 0.1) is 6.92 Å². The molecule has 18 heavy (non-hydrogen) atoms. The van der Waals surface area contributed by atoms with E-state index in [9.17, 15) is 0 Å². The summed E-state index contributed by atoms with van der Waals surface area (Å²) in [6, 6.07) is 11.1.